The molecule has 6 heteroatoms. The van der Waals surface area contributed by atoms with E-state index >= 15 is 0 Å². The zero-order valence-corrected chi connectivity index (χ0v) is 18.1. The second-order valence-electron chi connectivity index (χ2n) is 9.21. The van der Waals surface area contributed by atoms with Crippen LogP contribution in [-0.4, -0.2) is 65.2 Å². The van der Waals surface area contributed by atoms with Crippen molar-refractivity contribution in [3.8, 4) is 0 Å². The number of carbonyl (C=O) groups excluding carboxylic acids is 1. The molecule has 0 saturated carbocycles. The number of rotatable bonds is 3. The van der Waals surface area contributed by atoms with Gasteiger partial charge in [-0.2, -0.15) is 0 Å². The molecule has 1 atom stereocenters. The Morgan fingerprint density at radius 3 is 2.50 bits per heavy atom. The van der Waals surface area contributed by atoms with Crippen molar-refractivity contribution in [2.24, 2.45) is 0 Å². The van der Waals surface area contributed by atoms with Crippen molar-refractivity contribution in [1.29, 1.82) is 0 Å². The minimum Gasteiger partial charge on any atom is -0.444 e. The quantitative estimate of drug-likeness (QED) is 0.781. The Morgan fingerprint density at radius 1 is 1.14 bits per heavy atom. The monoisotopic (exact) mass is 388 g/mol. The van der Waals surface area contributed by atoms with E-state index in [9.17, 15) is 4.79 Å². The van der Waals surface area contributed by atoms with Crippen LogP contribution in [0, 0.1) is 0 Å². The van der Waals surface area contributed by atoms with Crippen molar-refractivity contribution < 1.29 is 9.53 Å². The zero-order valence-electron chi connectivity index (χ0n) is 18.1. The third-order valence-corrected chi connectivity index (χ3v) is 5.61. The van der Waals surface area contributed by atoms with Crippen LogP contribution in [0.5, 0.6) is 0 Å². The zero-order chi connectivity index (χ0) is 20.3. The average molecular weight is 389 g/mol. The summed E-state index contributed by atoms with van der Waals surface area (Å²) in [5.41, 5.74) is 0.880. The van der Waals surface area contributed by atoms with Crippen LogP contribution in [0.15, 0.2) is 18.3 Å². The highest BCUT2D eigenvalue weighted by molar-refractivity contribution is 5.68. The van der Waals surface area contributed by atoms with Gasteiger partial charge in [0.2, 0.25) is 0 Å². The molecule has 1 amide bonds. The van der Waals surface area contributed by atoms with E-state index in [2.05, 4.69) is 35.8 Å². The third-order valence-electron chi connectivity index (χ3n) is 5.61. The first-order valence-electron chi connectivity index (χ1n) is 10.7. The molecule has 2 fully saturated rings. The number of piperidine rings is 1. The number of hydrogen-bond acceptors (Lipinski definition) is 5. The van der Waals surface area contributed by atoms with Gasteiger partial charge in [0.25, 0.3) is 0 Å². The van der Waals surface area contributed by atoms with Gasteiger partial charge in [-0.25, -0.2) is 9.78 Å². The highest BCUT2D eigenvalue weighted by atomic mass is 16.6. The standard InChI is InChI=1S/C22H36N4O2/c1-17(2)26-12-7-6-10-19(26)18-9-8-11-23-20(18)24-13-15-25(16-14-24)21(27)28-22(3,4)5/h8-9,11,17,19H,6-7,10,12-16H2,1-5H3/t19-/m0/s1. The van der Waals surface area contributed by atoms with E-state index in [4.69, 9.17) is 9.72 Å². The smallest absolute Gasteiger partial charge is 0.410 e. The van der Waals surface area contributed by atoms with Gasteiger partial charge in [-0.15, -0.1) is 0 Å². The molecular formula is C22H36N4O2. The number of likely N-dealkylation sites (tertiary alicyclic amines) is 1. The van der Waals surface area contributed by atoms with E-state index in [0.29, 0.717) is 25.2 Å². The number of nitrogens with zero attached hydrogens (tertiary/aromatic N) is 4. The fourth-order valence-electron chi connectivity index (χ4n) is 4.27. The second-order valence-corrected chi connectivity index (χ2v) is 9.21. The summed E-state index contributed by atoms with van der Waals surface area (Å²) >= 11 is 0. The second kappa shape index (κ2) is 8.68. The largest absolute Gasteiger partial charge is 0.444 e. The van der Waals surface area contributed by atoms with Gasteiger partial charge in [0.1, 0.15) is 11.4 Å². The Kier molecular flexibility index (Phi) is 6.48. The van der Waals surface area contributed by atoms with E-state index in [1.54, 1.807) is 0 Å². The molecule has 2 aliphatic heterocycles. The number of hydrogen-bond donors (Lipinski definition) is 0. The third kappa shape index (κ3) is 4.96. The summed E-state index contributed by atoms with van der Waals surface area (Å²) in [7, 11) is 0. The SMILES string of the molecule is CC(C)N1CCCC[C@H]1c1cccnc1N1CCN(C(=O)OC(C)(C)C)CC1. The van der Waals surface area contributed by atoms with Crippen molar-refractivity contribution in [2.45, 2.75) is 71.6 Å². The first kappa shape index (κ1) is 20.9. The van der Waals surface area contributed by atoms with Gasteiger partial charge in [-0.05, 0) is 60.1 Å². The minimum atomic E-state index is -0.455. The first-order valence-corrected chi connectivity index (χ1v) is 10.7. The summed E-state index contributed by atoms with van der Waals surface area (Å²) in [5, 5.41) is 0. The van der Waals surface area contributed by atoms with Crippen LogP contribution in [-0.2, 0) is 4.74 Å². The number of aromatic nitrogens is 1. The lowest BCUT2D eigenvalue weighted by atomic mass is 9.94. The Labute approximate surface area is 169 Å². The summed E-state index contributed by atoms with van der Waals surface area (Å²) in [4.78, 5) is 23.9. The lowest BCUT2D eigenvalue weighted by Crippen LogP contribution is -2.50. The maximum Gasteiger partial charge on any atom is 0.410 e. The fraction of sp³-hybridized carbons (Fsp3) is 0.727. The van der Waals surface area contributed by atoms with Gasteiger partial charge < -0.3 is 14.5 Å². The molecule has 28 heavy (non-hydrogen) atoms. The maximum atomic E-state index is 12.4. The molecule has 0 N–H and O–H groups in total. The molecule has 0 aliphatic carbocycles. The molecule has 2 aliphatic rings. The van der Waals surface area contributed by atoms with Crippen LogP contribution in [0.4, 0.5) is 10.6 Å². The molecule has 0 bridgehead atoms. The van der Waals surface area contributed by atoms with Crippen LogP contribution in [0.1, 0.15) is 65.5 Å². The molecule has 2 saturated heterocycles. The molecule has 1 aromatic rings. The number of pyridine rings is 1. The Morgan fingerprint density at radius 2 is 1.86 bits per heavy atom. The Balaban J connectivity index is 1.71. The normalized spacial score (nSPS) is 21.9. The van der Waals surface area contributed by atoms with Crippen molar-refractivity contribution in [3.05, 3.63) is 23.9 Å². The number of anilines is 1. The molecule has 1 aromatic heterocycles. The van der Waals surface area contributed by atoms with Crippen molar-refractivity contribution in [1.82, 2.24) is 14.8 Å². The van der Waals surface area contributed by atoms with Crippen molar-refractivity contribution in [2.75, 3.05) is 37.6 Å². The number of carbonyl (C=O) groups is 1. The number of amides is 1. The van der Waals surface area contributed by atoms with Gasteiger partial charge in [0.05, 0.1) is 0 Å². The van der Waals surface area contributed by atoms with E-state index in [1.807, 2.05) is 31.9 Å². The molecule has 0 radical (unpaired) electrons. The fourth-order valence-corrected chi connectivity index (χ4v) is 4.27. The van der Waals surface area contributed by atoms with E-state index in [-0.39, 0.29) is 6.09 Å². The van der Waals surface area contributed by atoms with Crippen LogP contribution in [0.3, 0.4) is 0 Å². The lowest BCUT2D eigenvalue weighted by Gasteiger charge is -2.41. The van der Waals surface area contributed by atoms with Crippen molar-refractivity contribution >= 4 is 11.9 Å². The Hall–Kier alpha value is -1.82. The molecular weight excluding hydrogens is 352 g/mol. The molecule has 0 spiro atoms. The number of piperazine rings is 1. The van der Waals surface area contributed by atoms with Gasteiger partial charge >= 0.3 is 6.09 Å². The minimum absolute atomic E-state index is 0.216. The first-order chi connectivity index (χ1) is 13.3. The van der Waals surface area contributed by atoms with Crippen LogP contribution in [0.2, 0.25) is 0 Å². The molecule has 6 nitrogen and oxygen atoms in total. The number of ether oxygens (including phenoxy) is 1. The molecule has 156 valence electrons. The predicted octanol–water partition coefficient (Wildman–Crippen LogP) is 4.07. The van der Waals surface area contributed by atoms with E-state index in [0.717, 1.165) is 25.5 Å². The van der Waals surface area contributed by atoms with E-state index < -0.39 is 5.60 Å². The summed E-state index contributed by atoms with van der Waals surface area (Å²) in [5.74, 6) is 1.09. The maximum absolute atomic E-state index is 12.4. The Bertz CT molecular complexity index is 663. The highest BCUT2D eigenvalue weighted by Gasteiger charge is 2.31. The molecule has 3 heterocycles. The summed E-state index contributed by atoms with van der Waals surface area (Å²) in [6, 6.07) is 5.26. The van der Waals surface area contributed by atoms with Crippen molar-refractivity contribution in [3.63, 3.8) is 0 Å². The lowest BCUT2D eigenvalue weighted by molar-refractivity contribution is 0.0240. The van der Waals surface area contributed by atoms with Gasteiger partial charge in [0, 0.05) is 50.0 Å². The summed E-state index contributed by atoms with van der Waals surface area (Å²) in [6.45, 7) is 14.4. The average Bonchev–Trinajstić information content (AvgIpc) is 2.67. The predicted molar refractivity (Wildman–Crippen MR) is 113 cm³/mol. The summed E-state index contributed by atoms with van der Waals surface area (Å²) < 4.78 is 5.52. The van der Waals surface area contributed by atoms with E-state index in [1.165, 1.54) is 24.8 Å². The summed E-state index contributed by atoms with van der Waals surface area (Å²) in [6.07, 6.45) is 5.41. The van der Waals surface area contributed by atoms with Gasteiger partial charge in [-0.3, -0.25) is 4.90 Å². The van der Waals surface area contributed by atoms with Crippen LogP contribution in [0.25, 0.3) is 0 Å². The van der Waals surface area contributed by atoms with Crippen LogP contribution < -0.4 is 4.90 Å². The van der Waals surface area contributed by atoms with Gasteiger partial charge in [0.15, 0.2) is 0 Å². The molecule has 3 rings (SSSR count). The highest BCUT2D eigenvalue weighted by Crippen LogP contribution is 2.36. The topological polar surface area (TPSA) is 48.9 Å². The van der Waals surface area contributed by atoms with Crippen LogP contribution >= 0.6 is 0 Å². The van der Waals surface area contributed by atoms with Gasteiger partial charge in [-0.1, -0.05) is 12.5 Å². The molecule has 0 unspecified atom stereocenters. The molecule has 0 aromatic carbocycles.